The van der Waals surface area contributed by atoms with E-state index >= 15 is 0 Å². The fourth-order valence-corrected chi connectivity index (χ4v) is 6.57. The first kappa shape index (κ1) is 25.0. The number of benzene rings is 3. The molecule has 37 heavy (non-hydrogen) atoms. The number of rotatable bonds is 6. The molecule has 1 aliphatic heterocycles. The van der Waals surface area contributed by atoms with Crippen molar-refractivity contribution in [3.05, 3.63) is 104 Å². The number of aliphatic hydroxyl groups excluding tert-OH is 1. The summed E-state index contributed by atoms with van der Waals surface area (Å²) < 4.78 is 8.75. The number of piperazine rings is 1. The minimum atomic E-state index is -0.566. The molecule has 1 aliphatic carbocycles. The standard InChI is InChI=1S/C30H29Br2N3O2/c31-22-9-8-21-16-27(32)26-15-20-5-1-2-6-24(20)30(29(26)25(21)17-22)37-19-23(36)18-34-11-13-35(14-12-34)28-7-3-4-10-33-28/h1-10,16-17,23,30,36H,11-15,18-19H2. The third-order valence-corrected chi connectivity index (χ3v) is 8.64. The van der Waals surface area contributed by atoms with Crippen molar-refractivity contribution < 1.29 is 9.84 Å². The van der Waals surface area contributed by atoms with E-state index in [9.17, 15) is 5.11 Å². The summed E-state index contributed by atoms with van der Waals surface area (Å²) in [4.78, 5) is 9.09. The van der Waals surface area contributed by atoms with Crippen LogP contribution in [0.5, 0.6) is 0 Å². The molecule has 0 radical (unpaired) electrons. The molecule has 2 heterocycles. The first-order valence-electron chi connectivity index (χ1n) is 12.7. The minimum absolute atomic E-state index is 0.232. The van der Waals surface area contributed by atoms with Crippen LogP contribution in [0.15, 0.2) is 81.9 Å². The van der Waals surface area contributed by atoms with Crippen molar-refractivity contribution in [2.24, 2.45) is 0 Å². The first-order valence-corrected chi connectivity index (χ1v) is 14.3. The van der Waals surface area contributed by atoms with Gasteiger partial charge >= 0.3 is 0 Å². The lowest BCUT2D eigenvalue weighted by Gasteiger charge is -2.36. The molecule has 1 fully saturated rings. The monoisotopic (exact) mass is 621 g/mol. The highest BCUT2D eigenvalue weighted by atomic mass is 79.9. The molecule has 190 valence electrons. The number of halogens is 2. The molecular weight excluding hydrogens is 594 g/mol. The lowest BCUT2D eigenvalue weighted by Crippen LogP contribution is -2.49. The van der Waals surface area contributed by atoms with E-state index in [0.717, 1.165) is 47.4 Å². The van der Waals surface area contributed by atoms with Gasteiger partial charge in [-0.3, -0.25) is 4.90 Å². The summed E-state index contributed by atoms with van der Waals surface area (Å²) in [6.45, 7) is 4.48. The molecule has 0 spiro atoms. The topological polar surface area (TPSA) is 48.8 Å². The zero-order valence-electron chi connectivity index (χ0n) is 20.5. The van der Waals surface area contributed by atoms with E-state index in [1.54, 1.807) is 0 Å². The van der Waals surface area contributed by atoms with Crippen LogP contribution in [-0.2, 0) is 11.2 Å². The second-order valence-electron chi connectivity index (χ2n) is 9.83. The quantitative estimate of drug-likeness (QED) is 0.288. The van der Waals surface area contributed by atoms with Gasteiger partial charge in [-0.25, -0.2) is 4.98 Å². The van der Waals surface area contributed by atoms with E-state index in [0.29, 0.717) is 6.54 Å². The van der Waals surface area contributed by atoms with E-state index in [2.05, 4.69) is 101 Å². The molecule has 2 aliphatic rings. The molecule has 2 atom stereocenters. The Balaban J connectivity index is 1.19. The third kappa shape index (κ3) is 5.20. The predicted octanol–water partition coefficient (Wildman–Crippen LogP) is 5.95. The van der Waals surface area contributed by atoms with Gasteiger partial charge in [0.1, 0.15) is 11.9 Å². The van der Waals surface area contributed by atoms with E-state index in [-0.39, 0.29) is 12.7 Å². The minimum Gasteiger partial charge on any atom is -0.389 e. The molecule has 1 saturated heterocycles. The van der Waals surface area contributed by atoms with Crippen LogP contribution in [0.2, 0.25) is 0 Å². The van der Waals surface area contributed by atoms with Crippen LogP contribution in [0.25, 0.3) is 10.8 Å². The normalized spacial score (nSPS) is 18.5. The van der Waals surface area contributed by atoms with Gasteiger partial charge in [0.25, 0.3) is 0 Å². The van der Waals surface area contributed by atoms with Crippen molar-refractivity contribution in [3.63, 3.8) is 0 Å². The number of hydrogen-bond donors (Lipinski definition) is 1. The average Bonchev–Trinajstić information content (AvgIpc) is 2.92. The Hall–Kier alpha value is -2.29. The van der Waals surface area contributed by atoms with Crippen LogP contribution in [-0.4, -0.2) is 60.4 Å². The van der Waals surface area contributed by atoms with Crippen LogP contribution < -0.4 is 4.90 Å². The van der Waals surface area contributed by atoms with Gasteiger partial charge in [-0.1, -0.05) is 68.3 Å². The van der Waals surface area contributed by atoms with Crippen LogP contribution >= 0.6 is 31.9 Å². The number of pyridine rings is 1. The number of nitrogens with zero attached hydrogens (tertiary/aromatic N) is 3. The molecule has 0 amide bonds. The fraction of sp³-hybridized carbons (Fsp3) is 0.300. The Morgan fingerprint density at radius 1 is 0.973 bits per heavy atom. The van der Waals surface area contributed by atoms with Crippen LogP contribution in [0.4, 0.5) is 5.82 Å². The van der Waals surface area contributed by atoms with Crippen molar-refractivity contribution in [3.8, 4) is 0 Å². The molecule has 1 aromatic heterocycles. The number of anilines is 1. The largest absolute Gasteiger partial charge is 0.389 e. The highest BCUT2D eigenvalue weighted by molar-refractivity contribution is 9.10. The number of aliphatic hydroxyl groups is 1. The smallest absolute Gasteiger partial charge is 0.128 e. The lowest BCUT2D eigenvalue weighted by molar-refractivity contribution is -0.00960. The number of fused-ring (bicyclic) bond motifs is 4. The SMILES string of the molecule is OC(COC1c2ccccc2Cc2c(Br)cc3ccc(Br)cc3c21)CN1CCN(c2ccccn2)CC1. The molecule has 6 rings (SSSR count). The predicted molar refractivity (Wildman–Crippen MR) is 155 cm³/mol. The van der Waals surface area contributed by atoms with Crippen molar-refractivity contribution in [2.45, 2.75) is 18.6 Å². The number of β-amino-alcohol motifs (C(OH)–C–C–N with tert-alkyl or cyclic N) is 1. The molecule has 0 saturated carbocycles. The second-order valence-corrected chi connectivity index (χ2v) is 11.6. The summed E-state index contributed by atoms with van der Waals surface area (Å²) in [6.07, 6.45) is 1.90. The van der Waals surface area contributed by atoms with Gasteiger partial charge < -0.3 is 14.7 Å². The highest BCUT2D eigenvalue weighted by Gasteiger charge is 2.30. The molecule has 7 heteroatoms. The van der Waals surface area contributed by atoms with Gasteiger partial charge in [-0.15, -0.1) is 0 Å². The number of ether oxygens (including phenoxy) is 1. The molecule has 2 unspecified atom stereocenters. The van der Waals surface area contributed by atoms with Gasteiger partial charge in [-0.2, -0.15) is 0 Å². The highest BCUT2D eigenvalue weighted by Crippen LogP contribution is 2.44. The molecule has 4 aromatic rings. The van der Waals surface area contributed by atoms with Gasteiger partial charge in [0.15, 0.2) is 0 Å². The summed E-state index contributed by atoms with van der Waals surface area (Å²) >= 11 is 7.50. The van der Waals surface area contributed by atoms with Gasteiger partial charge in [0.2, 0.25) is 0 Å². The maximum Gasteiger partial charge on any atom is 0.128 e. The summed E-state index contributed by atoms with van der Waals surface area (Å²) in [5.41, 5.74) is 4.91. The van der Waals surface area contributed by atoms with Crippen molar-refractivity contribution in [2.75, 3.05) is 44.2 Å². The number of aromatic nitrogens is 1. The van der Waals surface area contributed by atoms with Crippen LogP contribution in [0.1, 0.15) is 28.4 Å². The Morgan fingerprint density at radius 2 is 1.78 bits per heavy atom. The molecule has 1 N–H and O–H groups in total. The zero-order chi connectivity index (χ0) is 25.4. The van der Waals surface area contributed by atoms with Crippen molar-refractivity contribution in [1.82, 2.24) is 9.88 Å². The summed E-state index contributed by atoms with van der Waals surface area (Å²) in [5, 5.41) is 13.4. The van der Waals surface area contributed by atoms with Crippen LogP contribution in [0.3, 0.4) is 0 Å². The first-order chi connectivity index (χ1) is 18.1. The van der Waals surface area contributed by atoms with Crippen LogP contribution in [0, 0.1) is 0 Å². The summed E-state index contributed by atoms with van der Waals surface area (Å²) in [7, 11) is 0. The Bertz CT molecular complexity index is 1410. The third-order valence-electron chi connectivity index (χ3n) is 7.44. The summed E-state index contributed by atoms with van der Waals surface area (Å²) in [6, 6.07) is 23.1. The van der Waals surface area contributed by atoms with Gasteiger partial charge in [-0.05, 0) is 69.8 Å². The van der Waals surface area contributed by atoms with E-state index in [4.69, 9.17) is 4.74 Å². The Kier molecular flexibility index (Phi) is 7.32. The molecule has 3 aromatic carbocycles. The average molecular weight is 623 g/mol. The lowest BCUT2D eigenvalue weighted by atomic mass is 9.81. The zero-order valence-corrected chi connectivity index (χ0v) is 23.7. The van der Waals surface area contributed by atoms with E-state index in [1.165, 1.54) is 33.0 Å². The molecule has 0 bridgehead atoms. The van der Waals surface area contributed by atoms with E-state index in [1.807, 2.05) is 18.3 Å². The van der Waals surface area contributed by atoms with Gasteiger partial charge in [0.05, 0.1) is 12.7 Å². The van der Waals surface area contributed by atoms with E-state index < -0.39 is 6.10 Å². The van der Waals surface area contributed by atoms with Crippen molar-refractivity contribution in [1.29, 1.82) is 0 Å². The molecule has 5 nitrogen and oxygen atoms in total. The maximum absolute atomic E-state index is 11.0. The number of hydrogen-bond acceptors (Lipinski definition) is 5. The maximum atomic E-state index is 11.0. The van der Waals surface area contributed by atoms with Gasteiger partial charge in [0, 0.05) is 47.9 Å². The van der Waals surface area contributed by atoms with Crippen molar-refractivity contribution >= 4 is 48.5 Å². The Labute approximate surface area is 234 Å². The fourth-order valence-electron chi connectivity index (χ4n) is 5.61. The Morgan fingerprint density at radius 3 is 2.59 bits per heavy atom. The molecular formula is C30H29Br2N3O2. The summed E-state index contributed by atoms with van der Waals surface area (Å²) in [5.74, 6) is 1.02. The second kappa shape index (κ2) is 10.8.